The Morgan fingerprint density at radius 2 is 1.81 bits per heavy atom. The molecule has 0 atom stereocenters. The van der Waals surface area contributed by atoms with Gasteiger partial charge in [0, 0.05) is 24.4 Å². The maximum atomic E-state index is 12.2. The van der Waals surface area contributed by atoms with Crippen LogP contribution in [0.15, 0.2) is 24.3 Å². The molecule has 0 unspecified atom stereocenters. The van der Waals surface area contributed by atoms with Crippen LogP contribution in [-0.2, 0) is 4.79 Å². The molecule has 1 aliphatic heterocycles. The van der Waals surface area contributed by atoms with Gasteiger partial charge in [-0.15, -0.1) is 12.4 Å². The van der Waals surface area contributed by atoms with Crippen LogP contribution in [-0.4, -0.2) is 37.4 Å². The molecule has 2 N–H and O–H groups in total. The quantitative estimate of drug-likeness (QED) is 0.480. The second-order valence-corrected chi connectivity index (χ2v) is 6.59. The summed E-state index contributed by atoms with van der Waals surface area (Å²) in [7, 11) is 0. The van der Waals surface area contributed by atoms with Crippen LogP contribution < -0.4 is 15.4 Å². The lowest BCUT2D eigenvalue weighted by Crippen LogP contribution is -2.42. The lowest BCUT2D eigenvalue weighted by Gasteiger charge is -2.23. The van der Waals surface area contributed by atoms with Gasteiger partial charge in [-0.3, -0.25) is 9.59 Å². The molecule has 0 spiro atoms. The summed E-state index contributed by atoms with van der Waals surface area (Å²) in [6.07, 6.45) is 5.78. The predicted molar refractivity (Wildman–Crippen MR) is 106 cm³/mol. The number of ether oxygens (including phenoxy) is 1. The molecular weight excluding hydrogens is 352 g/mol. The highest BCUT2D eigenvalue weighted by atomic mass is 35.5. The fraction of sp³-hybridized carbons (Fsp3) is 0.600. The van der Waals surface area contributed by atoms with Crippen molar-refractivity contribution in [1.29, 1.82) is 0 Å². The zero-order chi connectivity index (χ0) is 17.9. The van der Waals surface area contributed by atoms with Crippen LogP contribution in [0.1, 0.15) is 62.2 Å². The molecule has 2 rings (SSSR count). The maximum Gasteiger partial charge on any atom is 0.220 e. The number of hydrogen-bond donors (Lipinski definition) is 2. The van der Waals surface area contributed by atoms with E-state index in [4.69, 9.17) is 4.74 Å². The molecule has 0 aliphatic carbocycles. The van der Waals surface area contributed by atoms with Gasteiger partial charge in [0.1, 0.15) is 5.75 Å². The van der Waals surface area contributed by atoms with Gasteiger partial charge in [0.25, 0.3) is 0 Å². The molecule has 5 nitrogen and oxygen atoms in total. The van der Waals surface area contributed by atoms with Gasteiger partial charge in [0.05, 0.1) is 6.61 Å². The van der Waals surface area contributed by atoms with Crippen LogP contribution in [0.4, 0.5) is 0 Å². The van der Waals surface area contributed by atoms with Gasteiger partial charge in [0.2, 0.25) is 5.91 Å². The van der Waals surface area contributed by atoms with Crippen LogP contribution in [0.3, 0.4) is 0 Å². The number of hydrogen-bond acceptors (Lipinski definition) is 4. The molecule has 0 aromatic heterocycles. The van der Waals surface area contributed by atoms with Crippen LogP contribution in [0.2, 0.25) is 0 Å². The molecule has 1 heterocycles. The third-order valence-electron chi connectivity index (χ3n) is 4.48. The Labute approximate surface area is 162 Å². The van der Waals surface area contributed by atoms with Crippen molar-refractivity contribution in [2.45, 2.75) is 57.9 Å². The van der Waals surface area contributed by atoms with E-state index in [0.717, 1.165) is 44.5 Å². The van der Waals surface area contributed by atoms with Crippen LogP contribution in [0.25, 0.3) is 0 Å². The number of halogens is 1. The first-order chi connectivity index (χ1) is 12.2. The minimum atomic E-state index is -0.0314. The molecule has 6 heteroatoms. The van der Waals surface area contributed by atoms with E-state index in [1.807, 2.05) is 12.1 Å². The molecule has 0 radical (unpaired) electrons. The Kier molecular flexibility index (Phi) is 11.0. The second-order valence-electron chi connectivity index (χ2n) is 6.59. The van der Waals surface area contributed by atoms with E-state index in [9.17, 15) is 9.59 Å². The SMILES string of the molecule is CCCCCOc1ccc(C(=O)CCC(=O)NC2CCNCC2)cc1.Cl. The third kappa shape index (κ3) is 8.19. The van der Waals surface area contributed by atoms with Gasteiger partial charge in [-0.25, -0.2) is 0 Å². The third-order valence-corrected chi connectivity index (χ3v) is 4.48. The lowest BCUT2D eigenvalue weighted by molar-refractivity contribution is -0.121. The molecule has 26 heavy (non-hydrogen) atoms. The summed E-state index contributed by atoms with van der Waals surface area (Å²) in [5, 5.41) is 6.28. The Morgan fingerprint density at radius 1 is 1.12 bits per heavy atom. The zero-order valence-corrected chi connectivity index (χ0v) is 16.4. The summed E-state index contributed by atoms with van der Waals surface area (Å²) in [4.78, 5) is 24.2. The molecule has 1 aromatic rings. The van der Waals surface area contributed by atoms with E-state index in [1.54, 1.807) is 12.1 Å². The first kappa shape index (κ1) is 22.5. The summed E-state index contributed by atoms with van der Waals surface area (Å²) in [6, 6.07) is 7.46. The number of benzene rings is 1. The Morgan fingerprint density at radius 3 is 2.46 bits per heavy atom. The number of rotatable bonds is 10. The first-order valence-corrected chi connectivity index (χ1v) is 9.45. The van der Waals surface area contributed by atoms with E-state index in [1.165, 1.54) is 6.42 Å². The van der Waals surface area contributed by atoms with Crippen LogP contribution >= 0.6 is 12.4 Å². The largest absolute Gasteiger partial charge is 0.494 e. The van der Waals surface area contributed by atoms with E-state index >= 15 is 0 Å². The van der Waals surface area contributed by atoms with Gasteiger partial charge in [0.15, 0.2) is 5.78 Å². The van der Waals surface area contributed by atoms with E-state index in [-0.39, 0.29) is 43.0 Å². The Bertz CT molecular complexity index is 542. The highest BCUT2D eigenvalue weighted by Gasteiger charge is 2.16. The summed E-state index contributed by atoms with van der Waals surface area (Å²) in [5.41, 5.74) is 0.635. The van der Waals surface area contributed by atoms with Crippen LogP contribution in [0, 0.1) is 0 Å². The predicted octanol–water partition coefficient (Wildman–Crippen LogP) is 3.51. The van der Waals surface area contributed by atoms with Crippen molar-refractivity contribution in [3.8, 4) is 5.75 Å². The number of amides is 1. The van der Waals surface area contributed by atoms with Crippen molar-refractivity contribution < 1.29 is 14.3 Å². The molecule has 1 fully saturated rings. The average molecular weight is 383 g/mol. The molecule has 1 saturated heterocycles. The standard InChI is InChI=1S/C20H30N2O3.ClH/c1-2-3-4-15-25-18-7-5-16(6-8-18)19(23)9-10-20(24)22-17-11-13-21-14-12-17;/h5-8,17,21H,2-4,9-15H2,1H3,(H,22,24);1H. The molecule has 1 amide bonds. The lowest BCUT2D eigenvalue weighted by atomic mass is 10.0. The number of nitrogens with one attached hydrogen (secondary N) is 2. The fourth-order valence-corrected chi connectivity index (χ4v) is 2.92. The smallest absolute Gasteiger partial charge is 0.220 e. The molecule has 1 aliphatic rings. The summed E-state index contributed by atoms with van der Waals surface area (Å²) < 4.78 is 5.65. The normalized spacial score (nSPS) is 14.3. The average Bonchev–Trinajstić information content (AvgIpc) is 2.64. The number of ketones is 1. The number of unbranched alkanes of at least 4 members (excludes halogenated alkanes) is 2. The highest BCUT2D eigenvalue weighted by Crippen LogP contribution is 2.15. The van der Waals surface area contributed by atoms with Gasteiger partial charge in [-0.1, -0.05) is 19.8 Å². The van der Waals surface area contributed by atoms with Crippen molar-refractivity contribution in [2.75, 3.05) is 19.7 Å². The maximum absolute atomic E-state index is 12.2. The van der Waals surface area contributed by atoms with E-state index < -0.39 is 0 Å². The minimum absolute atomic E-state index is 0. The number of Topliss-reactive ketones (excluding diaryl/α,β-unsaturated/α-hetero) is 1. The van der Waals surface area contributed by atoms with Gasteiger partial charge in [-0.05, 0) is 56.6 Å². The second kappa shape index (κ2) is 12.7. The van der Waals surface area contributed by atoms with Crippen LogP contribution in [0.5, 0.6) is 5.75 Å². The topological polar surface area (TPSA) is 67.4 Å². The fourth-order valence-electron chi connectivity index (χ4n) is 2.92. The molecular formula is C20H31ClN2O3. The van der Waals surface area contributed by atoms with Crippen molar-refractivity contribution in [3.63, 3.8) is 0 Å². The Hall–Kier alpha value is -1.59. The van der Waals surface area contributed by atoms with Gasteiger partial charge >= 0.3 is 0 Å². The van der Waals surface area contributed by atoms with Crippen molar-refractivity contribution in [2.24, 2.45) is 0 Å². The highest BCUT2D eigenvalue weighted by molar-refractivity contribution is 5.98. The molecule has 0 saturated carbocycles. The minimum Gasteiger partial charge on any atom is -0.494 e. The summed E-state index contributed by atoms with van der Waals surface area (Å²) in [6.45, 7) is 4.75. The summed E-state index contributed by atoms with van der Waals surface area (Å²) in [5.74, 6) is 0.755. The zero-order valence-electron chi connectivity index (χ0n) is 15.6. The van der Waals surface area contributed by atoms with Gasteiger partial charge in [-0.2, -0.15) is 0 Å². The van der Waals surface area contributed by atoms with Crippen molar-refractivity contribution in [1.82, 2.24) is 10.6 Å². The number of carbonyl (C=O) groups is 2. The number of piperidine rings is 1. The molecule has 146 valence electrons. The van der Waals surface area contributed by atoms with Crippen molar-refractivity contribution in [3.05, 3.63) is 29.8 Å². The van der Waals surface area contributed by atoms with Gasteiger partial charge < -0.3 is 15.4 Å². The Balaban J connectivity index is 0.00000338. The first-order valence-electron chi connectivity index (χ1n) is 9.45. The monoisotopic (exact) mass is 382 g/mol. The summed E-state index contributed by atoms with van der Waals surface area (Å²) >= 11 is 0. The van der Waals surface area contributed by atoms with Crippen molar-refractivity contribution >= 4 is 24.1 Å². The van der Waals surface area contributed by atoms with E-state index in [0.29, 0.717) is 12.2 Å². The molecule has 0 bridgehead atoms. The van der Waals surface area contributed by atoms with E-state index in [2.05, 4.69) is 17.6 Å². The number of carbonyl (C=O) groups excluding carboxylic acids is 2. The molecule has 1 aromatic carbocycles.